The minimum atomic E-state index is 0.787. The molecule has 1 heteroatoms. The van der Waals surface area contributed by atoms with Gasteiger partial charge >= 0.3 is 0 Å². The van der Waals surface area contributed by atoms with E-state index >= 15 is 0 Å². The molecule has 1 atom stereocenters. The van der Waals surface area contributed by atoms with E-state index in [9.17, 15) is 0 Å². The lowest BCUT2D eigenvalue weighted by Crippen LogP contribution is -2.36. The molecule has 0 aromatic heterocycles. The highest BCUT2D eigenvalue weighted by molar-refractivity contribution is 4.82. The van der Waals surface area contributed by atoms with Gasteiger partial charge < -0.3 is 5.32 Å². The molecular formula is C16H33N. The summed E-state index contributed by atoms with van der Waals surface area (Å²) in [6, 6.07) is 0.787. The Morgan fingerprint density at radius 1 is 1.00 bits per heavy atom. The molecule has 1 aliphatic rings. The Morgan fingerprint density at radius 3 is 2.06 bits per heavy atom. The summed E-state index contributed by atoms with van der Waals surface area (Å²) in [5.41, 5.74) is 0. The molecule has 1 rings (SSSR count). The molecule has 0 bridgehead atoms. The molecule has 1 N–H and O–H groups in total. The van der Waals surface area contributed by atoms with E-state index in [1.165, 1.54) is 51.4 Å². The first kappa shape index (κ1) is 15.0. The summed E-state index contributed by atoms with van der Waals surface area (Å²) in [7, 11) is 2.16. The summed E-state index contributed by atoms with van der Waals surface area (Å²) in [5.74, 6) is 2.84. The highest BCUT2D eigenvalue weighted by atomic mass is 14.9. The Hall–Kier alpha value is -0.0400. The van der Waals surface area contributed by atoms with E-state index < -0.39 is 0 Å². The van der Waals surface area contributed by atoms with Gasteiger partial charge in [0.25, 0.3) is 0 Å². The monoisotopic (exact) mass is 239 g/mol. The minimum Gasteiger partial charge on any atom is -0.317 e. The van der Waals surface area contributed by atoms with Crippen molar-refractivity contribution < 1.29 is 0 Å². The van der Waals surface area contributed by atoms with Crippen molar-refractivity contribution in [2.24, 2.45) is 17.8 Å². The number of nitrogens with one attached hydrogen (secondary N) is 1. The van der Waals surface area contributed by atoms with Crippen molar-refractivity contribution in [2.75, 3.05) is 7.05 Å². The van der Waals surface area contributed by atoms with Crippen molar-refractivity contribution >= 4 is 0 Å². The predicted molar refractivity (Wildman–Crippen MR) is 77.3 cm³/mol. The van der Waals surface area contributed by atoms with Gasteiger partial charge in [0.2, 0.25) is 0 Å². The average Bonchev–Trinajstić information content (AvgIpc) is 2.35. The Balaban J connectivity index is 2.29. The van der Waals surface area contributed by atoms with Crippen LogP contribution in [0.25, 0.3) is 0 Å². The van der Waals surface area contributed by atoms with Gasteiger partial charge in [-0.05, 0) is 56.9 Å². The summed E-state index contributed by atoms with van der Waals surface area (Å²) in [4.78, 5) is 0. The second-order valence-electron chi connectivity index (χ2n) is 6.31. The summed E-state index contributed by atoms with van der Waals surface area (Å²) >= 11 is 0. The van der Waals surface area contributed by atoms with Crippen LogP contribution >= 0.6 is 0 Å². The van der Waals surface area contributed by atoms with Crippen LogP contribution in [-0.4, -0.2) is 13.1 Å². The first-order valence-corrected chi connectivity index (χ1v) is 7.86. The van der Waals surface area contributed by atoms with Gasteiger partial charge in [-0.25, -0.2) is 0 Å². The fraction of sp³-hybridized carbons (Fsp3) is 1.00. The molecular weight excluding hydrogens is 206 g/mol. The first-order valence-electron chi connectivity index (χ1n) is 7.86. The Bertz CT molecular complexity index is 180. The third kappa shape index (κ3) is 4.99. The Morgan fingerprint density at radius 2 is 1.59 bits per heavy atom. The zero-order chi connectivity index (χ0) is 12.7. The summed E-state index contributed by atoms with van der Waals surface area (Å²) in [6.07, 6.45) is 11.4. The summed E-state index contributed by atoms with van der Waals surface area (Å²) in [6.45, 7) is 7.08. The molecule has 0 amide bonds. The molecule has 0 aliphatic heterocycles. The highest BCUT2D eigenvalue weighted by Gasteiger charge is 2.27. The van der Waals surface area contributed by atoms with Crippen molar-refractivity contribution in [2.45, 2.75) is 78.2 Å². The van der Waals surface area contributed by atoms with E-state index in [-0.39, 0.29) is 0 Å². The number of hydrogen-bond acceptors (Lipinski definition) is 1. The third-order valence-electron chi connectivity index (χ3n) is 4.82. The van der Waals surface area contributed by atoms with Crippen LogP contribution in [-0.2, 0) is 0 Å². The van der Waals surface area contributed by atoms with E-state index in [1.807, 2.05) is 0 Å². The maximum Gasteiger partial charge on any atom is 0.00923 e. The summed E-state index contributed by atoms with van der Waals surface area (Å²) in [5, 5.41) is 3.57. The second-order valence-corrected chi connectivity index (χ2v) is 6.31. The lowest BCUT2D eigenvalue weighted by Gasteiger charge is -2.35. The topological polar surface area (TPSA) is 12.0 Å². The average molecular weight is 239 g/mol. The number of rotatable bonds is 7. The van der Waals surface area contributed by atoms with Gasteiger partial charge in [-0.3, -0.25) is 0 Å². The van der Waals surface area contributed by atoms with E-state index in [1.54, 1.807) is 0 Å². The molecule has 1 aliphatic carbocycles. The maximum atomic E-state index is 3.57. The standard InChI is InChI=1S/C16H33N/c1-5-6-7-8-16(17-4)15-11-9-14(10-12-15)13(2)3/h13-17H,5-12H2,1-4H3. The van der Waals surface area contributed by atoms with Gasteiger partial charge in [0.05, 0.1) is 0 Å². The van der Waals surface area contributed by atoms with Crippen molar-refractivity contribution in [1.82, 2.24) is 5.32 Å². The van der Waals surface area contributed by atoms with Crippen LogP contribution in [0.5, 0.6) is 0 Å². The molecule has 0 aromatic rings. The van der Waals surface area contributed by atoms with E-state index in [0.717, 1.165) is 23.8 Å². The van der Waals surface area contributed by atoms with E-state index in [2.05, 4.69) is 33.1 Å². The smallest absolute Gasteiger partial charge is 0.00923 e. The number of hydrogen-bond donors (Lipinski definition) is 1. The van der Waals surface area contributed by atoms with Gasteiger partial charge in [0.15, 0.2) is 0 Å². The van der Waals surface area contributed by atoms with Crippen LogP contribution in [0.4, 0.5) is 0 Å². The van der Waals surface area contributed by atoms with Gasteiger partial charge in [-0.15, -0.1) is 0 Å². The minimum absolute atomic E-state index is 0.787. The SMILES string of the molecule is CCCCCC(NC)C1CCC(C(C)C)CC1. The van der Waals surface area contributed by atoms with Crippen molar-refractivity contribution in [1.29, 1.82) is 0 Å². The van der Waals surface area contributed by atoms with Crippen LogP contribution in [0.1, 0.15) is 72.1 Å². The van der Waals surface area contributed by atoms with Crippen molar-refractivity contribution in [3.05, 3.63) is 0 Å². The molecule has 1 nitrogen and oxygen atoms in total. The molecule has 1 saturated carbocycles. The maximum absolute atomic E-state index is 3.57. The van der Waals surface area contributed by atoms with Crippen LogP contribution in [0.2, 0.25) is 0 Å². The van der Waals surface area contributed by atoms with Gasteiger partial charge in [0.1, 0.15) is 0 Å². The highest BCUT2D eigenvalue weighted by Crippen LogP contribution is 2.35. The predicted octanol–water partition coefficient (Wildman–Crippen LogP) is 4.62. The molecule has 0 aromatic carbocycles. The van der Waals surface area contributed by atoms with Crippen molar-refractivity contribution in [3.63, 3.8) is 0 Å². The lowest BCUT2D eigenvalue weighted by molar-refractivity contribution is 0.186. The van der Waals surface area contributed by atoms with E-state index in [0.29, 0.717) is 0 Å². The molecule has 0 radical (unpaired) electrons. The molecule has 1 unspecified atom stereocenters. The second kappa shape index (κ2) is 8.13. The first-order chi connectivity index (χ1) is 8.19. The molecule has 1 fully saturated rings. The largest absolute Gasteiger partial charge is 0.317 e. The quantitative estimate of drug-likeness (QED) is 0.639. The van der Waals surface area contributed by atoms with Crippen LogP contribution < -0.4 is 5.32 Å². The third-order valence-corrected chi connectivity index (χ3v) is 4.82. The fourth-order valence-electron chi connectivity index (χ4n) is 3.44. The van der Waals surface area contributed by atoms with Crippen LogP contribution in [0.15, 0.2) is 0 Å². The Kier molecular flexibility index (Phi) is 7.18. The molecule has 102 valence electrons. The molecule has 0 saturated heterocycles. The fourth-order valence-corrected chi connectivity index (χ4v) is 3.44. The molecule has 17 heavy (non-hydrogen) atoms. The van der Waals surface area contributed by atoms with Crippen molar-refractivity contribution in [3.8, 4) is 0 Å². The normalized spacial score (nSPS) is 27.4. The van der Waals surface area contributed by atoms with Gasteiger partial charge in [-0.2, -0.15) is 0 Å². The van der Waals surface area contributed by atoms with Gasteiger partial charge in [-0.1, -0.05) is 40.0 Å². The van der Waals surface area contributed by atoms with Crippen LogP contribution in [0, 0.1) is 17.8 Å². The molecule has 0 spiro atoms. The van der Waals surface area contributed by atoms with Gasteiger partial charge in [0, 0.05) is 6.04 Å². The van der Waals surface area contributed by atoms with Crippen LogP contribution in [0.3, 0.4) is 0 Å². The van der Waals surface area contributed by atoms with E-state index in [4.69, 9.17) is 0 Å². The number of unbranched alkanes of at least 4 members (excludes halogenated alkanes) is 2. The summed E-state index contributed by atoms with van der Waals surface area (Å²) < 4.78 is 0. The lowest BCUT2D eigenvalue weighted by atomic mass is 9.74. The molecule has 0 heterocycles. The Labute approximate surface area is 109 Å². The zero-order valence-electron chi connectivity index (χ0n) is 12.5. The zero-order valence-corrected chi connectivity index (χ0v) is 12.5.